The molecule has 1 saturated heterocycles. The minimum Gasteiger partial charge on any atom is -0.494 e. The first-order chi connectivity index (χ1) is 9.70. The van der Waals surface area contributed by atoms with Crippen molar-refractivity contribution in [3.05, 3.63) is 29.8 Å². The Hall–Kier alpha value is -1.88. The molecule has 5 nitrogen and oxygen atoms in total. The van der Waals surface area contributed by atoms with Crippen LogP contribution in [0, 0.1) is 0 Å². The van der Waals surface area contributed by atoms with Crippen molar-refractivity contribution < 1.29 is 14.3 Å². The fourth-order valence-corrected chi connectivity index (χ4v) is 2.24. The number of benzene rings is 1. The lowest BCUT2D eigenvalue weighted by molar-refractivity contribution is -0.134. The van der Waals surface area contributed by atoms with Crippen LogP contribution in [0.2, 0.25) is 0 Å². The smallest absolute Gasteiger partial charge is 0.234 e. The highest BCUT2D eigenvalue weighted by Crippen LogP contribution is 2.26. The van der Waals surface area contributed by atoms with Crippen molar-refractivity contribution in [2.75, 3.05) is 13.2 Å². The monoisotopic (exact) mass is 276 g/mol. The van der Waals surface area contributed by atoms with Crippen LogP contribution >= 0.6 is 0 Å². The summed E-state index contributed by atoms with van der Waals surface area (Å²) in [6.45, 7) is 1.33. The Balaban J connectivity index is 1.91. The molecule has 0 bridgehead atoms. The van der Waals surface area contributed by atoms with Crippen molar-refractivity contribution in [3.63, 3.8) is 0 Å². The minimum atomic E-state index is -0.237. The number of carbonyl (C=O) groups excluding carboxylic acids is 2. The molecule has 0 saturated carbocycles. The molecule has 20 heavy (non-hydrogen) atoms. The number of hydrogen-bond acceptors (Lipinski definition) is 4. The number of amides is 2. The molecule has 2 rings (SSSR count). The van der Waals surface area contributed by atoms with Crippen molar-refractivity contribution in [3.8, 4) is 5.75 Å². The van der Waals surface area contributed by atoms with Crippen LogP contribution in [0.3, 0.4) is 0 Å². The summed E-state index contributed by atoms with van der Waals surface area (Å²) in [6.07, 6.45) is 2.86. The van der Waals surface area contributed by atoms with Crippen molar-refractivity contribution in [2.45, 2.75) is 31.6 Å². The van der Waals surface area contributed by atoms with E-state index in [1.807, 2.05) is 24.3 Å². The molecule has 1 aromatic carbocycles. The molecule has 1 unspecified atom stereocenters. The predicted molar refractivity (Wildman–Crippen MR) is 75.4 cm³/mol. The highest BCUT2D eigenvalue weighted by atomic mass is 16.5. The summed E-state index contributed by atoms with van der Waals surface area (Å²) < 4.78 is 5.58. The van der Waals surface area contributed by atoms with Gasteiger partial charge in [0.15, 0.2) is 0 Å². The molecule has 3 N–H and O–H groups in total. The lowest BCUT2D eigenvalue weighted by Crippen LogP contribution is -2.39. The Bertz CT molecular complexity index is 471. The van der Waals surface area contributed by atoms with E-state index in [2.05, 4.69) is 5.32 Å². The molecule has 1 heterocycles. The zero-order valence-corrected chi connectivity index (χ0v) is 11.4. The number of unbranched alkanes of at least 4 members (excludes halogenated alkanes) is 1. The lowest BCUT2D eigenvalue weighted by Gasteiger charge is -2.21. The first-order valence-corrected chi connectivity index (χ1v) is 6.97. The van der Waals surface area contributed by atoms with Gasteiger partial charge in [-0.15, -0.1) is 0 Å². The van der Waals surface area contributed by atoms with Gasteiger partial charge in [-0.2, -0.15) is 0 Å². The van der Waals surface area contributed by atoms with Crippen molar-refractivity contribution in [1.29, 1.82) is 0 Å². The normalized spacial score (nSPS) is 18.8. The largest absolute Gasteiger partial charge is 0.494 e. The predicted octanol–water partition coefficient (Wildman–Crippen LogP) is 1.32. The molecule has 0 spiro atoms. The van der Waals surface area contributed by atoms with E-state index in [0.717, 1.165) is 24.2 Å². The number of rotatable bonds is 6. The maximum Gasteiger partial charge on any atom is 0.234 e. The maximum atomic E-state index is 11.8. The number of piperidine rings is 1. The number of carbonyl (C=O) groups is 2. The molecule has 1 aliphatic heterocycles. The van der Waals surface area contributed by atoms with E-state index in [-0.39, 0.29) is 17.7 Å². The minimum absolute atomic E-state index is 0.189. The second-order valence-corrected chi connectivity index (χ2v) is 4.92. The third kappa shape index (κ3) is 3.81. The molecule has 1 fully saturated rings. The summed E-state index contributed by atoms with van der Waals surface area (Å²) >= 11 is 0. The van der Waals surface area contributed by atoms with E-state index in [0.29, 0.717) is 26.0 Å². The van der Waals surface area contributed by atoms with Gasteiger partial charge in [-0.3, -0.25) is 14.9 Å². The van der Waals surface area contributed by atoms with Gasteiger partial charge in [0, 0.05) is 6.42 Å². The molecule has 5 heteroatoms. The quantitative estimate of drug-likeness (QED) is 0.606. The molecule has 0 aromatic heterocycles. The molecule has 1 aromatic rings. The molecule has 108 valence electrons. The molecule has 0 aliphatic carbocycles. The standard InChI is InChI=1S/C15H20N2O3/c16-9-1-2-10-20-12-5-3-11(4-6-12)13-7-8-14(18)17-15(13)19/h3-6,13H,1-2,7-10,16H2,(H,17,18,19). The fourth-order valence-electron chi connectivity index (χ4n) is 2.24. The summed E-state index contributed by atoms with van der Waals surface area (Å²) in [4.78, 5) is 22.9. The van der Waals surface area contributed by atoms with Crippen molar-refractivity contribution in [2.24, 2.45) is 5.73 Å². The average molecular weight is 276 g/mol. The van der Waals surface area contributed by atoms with E-state index >= 15 is 0 Å². The number of nitrogens with one attached hydrogen (secondary N) is 1. The van der Waals surface area contributed by atoms with E-state index in [9.17, 15) is 9.59 Å². The zero-order valence-electron chi connectivity index (χ0n) is 11.4. The third-order valence-corrected chi connectivity index (χ3v) is 3.39. The Morgan fingerprint density at radius 3 is 2.60 bits per heavy atom. The summed E-state index contributed by atoms with van der Waals surface area (Å²) in [5.41, 5.74) is 6.34. The van der Waals surface area contributed by atoms with Gasteiger partial charge in [0.05, 0.1) is 12.5 Å². The van der Waals surface area contributed by atoms with Gasteiger partial charge in [0.2, 0.25) is 11.8 Å². The van der Waals surface area contributed by atoms with E-state index in [1.54, 1.807) is 0 Å². The van der Waals surface area contributed by atoms with Crippen LogP contribution in [0.4, 0.5) is 0 Å². The van der Waals surface area contributed by atoms with Crippen LogP contribution in [0.1, 0.15) is 37.2 Å². The van der Waals surface area contributed by atoms with Gasteiger partial charge in [-0.25, -0.2) is 0 Å². The third-order valence-electron chi connectivity index (χ3n) is 3.39. The van der Waals surface area contributed by atoms with Crippen LogP contribution in [-0.2, 0) is 9.59 Å². The summed E-state index contributed by atoms with van der Waals surface area (Å²) in [7, 11) is 0. The highest BCUT2D eigenvalue weighted by molar-refractivity contribution is 6.00. The van der Waals surface area contributed by atoms with Gasteiger partial charge in [-0.05, 0) is 43.5 Å². The average Bonchev–Trinajstić information content (AvgIpc) is 2.45. The first kappa shape index (κ1) is 14.5. The molecule has 1 atom stereocenters. The molecule has 1 aliphatic rings. The molecular formula is C15H20N2O3. The second-order valence-electron chi connectivity index (χ2n) is 4.92. The van der Waals surface area contributed by atoms with Crippen LogP contribution in [0.25, 0.3) is 0 Å². The Labute approximate surface area is 118 Å². The SMILES string of the molecule is NCCCCOc1ccc(C2CCC(=O)NC2=O)cc1. The molecule has 2 amide bonds. The number of ether oxygens (including phenoxy) is 1. The highest BCUT2D eigenvalue weighted by Gasteiger charge is 2.27. The number of nitrogens with two attached hydrogens (primary N) is 1. The van der Waals surface area contributed by atoms with Gasteiger partial charge >= 0.3 is 0 Å². The van der Waals surface area contributed by atoms with Crippen LogP contribution in [-0.4, -0.2) is 25.0 Å². The Morgan fingerprint density at radius 2 is 1.95 bits per heavy atom. The van der Waals surface area contributed by atoms with Gasteiger partial charge < -0.3 is 10.5 Å². The fraction of sp³-hybridized carbons (Fsp3) is 0.467. The van der Waals surface area contributed by atoms with Gasteiger partial charge in [0.1, 0.15) is 5.75 Å². The zero-order chi connectivity index (χ0) is 14.4. The van der Waals surface area contributed by atoms with Gasteiger partial charge in [0.25, 0.3) is 0 Å². The van der Waals surface area contributed by atoms with Crippen LogP contribution < -0.4 is 15.8 Å². The molecular weight excluding hydrogens is 256 g/mol. The summed E-state index contributed by atoms with van der Waals surface area (Å²) in [6, 6.07) is 7.50. The topological polar surface area (TPSA) is 81.4 Å². The van der Waals surface area contributed by atoms with E-state index in [4.69, 9.17) is 10.5 Å². The number of imide groups is 1. The Kier molecular flexibility index (Phi) is 5.12. The second kappa shape index (κ2) is 7.05. The van der Waals surface area contributed by atoms with Gasteiger partial charge in [-0.1, -0.05) is 12.1 Å². The lowest BCUT2D eigenvalue weighted by atomic mass is 9.90. The Morgan fingerprint density at radius 1 is 1.20 bits per heavy atom. The summed E-state index contributed by atoms with van der Waals surface area (Å²) in [5.74, 6) is 0.154. The maximum absolute atomic E-state index is 11.8. The summed E-state index contributed by atoms with van der Waals surface area (Å²) in [5, 5.41) is 2.37. The van der Waals surface area contributed by atoms with E-state index in [1.165, 1.54) is 0 Å². The molecule has 0 radical (unpaired) electrons. The number of hydrogen-bond donors (Lipinski definition) is 2. The van der Waals surface area contributed by atoms with E-state index < -0.39 is 0 Å². The van der Waals surface area contributed by atoms with Crippen LogP contribution in [0.15, 0.2) is 24.3 Å². The first-order valence-electron chi connectivity index (χ1n) is 6.97. The van der Waals surface area contributed by atoms with Crippen molar-refractivity contribution >= 4 is 11.8 Å². The van der Waals surface area contributed by atoms with Crippen molar-refractivity contribution in [1.82, 2.24) is 5.32 Å². The van der Waals surface area contributed by atoms with Crippen LogP contribution in [0.5, 0.6) is 5.75 Å².